The summed E-state index contributed by atoms with van der Waals surface area (Å²) in [6, 6.07) is 11.0. The van der Waals surface area contributed by atoms with E-state index in [1.807, 2.05) is 0 Å². The fraction of sp³-hybridized carbons (Fsp3) is 0.500. The molecule has 2 aromatic rings. The summed E-state index contributed by atoms with van der Waals surface area (Å²) in [7, 11) is 0. The molecule has 4 rings (SSSR count). The number of aliphatic hydroxyl groups is 2. The molecule has 0 aliphatic heterocycles. The number of alkyl halides is 4. The molecule has 0 saturated heterocycles. The maximum Gasteiger partial charge on any atom is 0.286 e. The molecule has 2 aliphatic rings. The van der Waals surface area contributed by atoms with Gasteiger partial charge in [-0.15, -0.1) is 0 Å². The molecule has 2 saturated carbocycles. The summed E-state index contributed by atoms with van der Waals surface area (Å²) in [5, 5.41) is 37.3. The Labute approximate surface area is 194 Å². The van der Waals surface area contributed by atoms with Gasteiger partial charge in [0.05, 0.1) is 12.2 Å². The zero-order chi connectivity index (χ0) is 24.9. The summed E-state index contributed by atoms with van der Waals surface area (Å²) in [6.07, 6.45) is -4.66. The van der Waals surface area contributed by atoms with Crippen LogP contribution in [0.25, 0.3) is 0 Å². The highest BCUT2D eigenvalue weighted by molar-refractivity contribution is 5.31. The zero-order valence-electron chi connectivity index (χ0n) is 18.3. The molecule has 2 aliphatic carbocycles. The Morgan fingerprint density at radius 1 is 0.618 bits per heavy atom. The normalized spacial score (nSPS) is 27.7. The van der Waals surface area contributed by atoms with Crippen molar-refractivity contribution in [2.45, 2.75) is 74.8 Å². The van der Waals surface area contributed by atoms with Crippen molar-refractivity contribution in [1.82, 2.24) is 0 Å². The van der Waals surface area contributed by atoms with Crippen molar-refractivity contribution in [3.05, 3.63) is 48.5 Å². The minimum absolute atomic E-state index is 0.0355. The van der Waals surface area contributed by atoms with Crippen LogP contribution >= 0.6 is 0 Å². The Morgan fingerprint density at radius 2 is 0.941 bits per heavy atom. The SMILES string of the molecule is Oc1ccc(O[C@@H]2[C@@H](O)CCCC2(F)F)cc1.Oc1ccc(O[C@H]2[C@H](O)CCCC2(F)F)cc1. The summed E-state index contributed by atoms with van der Waals surface area (Å²) >= 11 is 0. The molecule has 2 aromatic carbocycles. The smallest absolute Gasteiger partial charge is 0.286 e. The minimum Gasteiger partial charge on any atom is -0.508 e. The third kappa shape index (κ3) is 6.66. The van der Waals surface area contributed by atoms with Gasteiger partial charge in [-0.05, 0) is 74.2 Å². The van der Waals surface area contributed by atoms with Crippen molar-refractivity contribution < 1.29 is 47.5 Å². The van der Waals surface area contributed by atoms with E-state index in [-0.39, 0.29) is 35.8 Å². The molecule has 4 atom stereocenters. The molecule has 0 spiro atoms. The van der Waals surface area contributed by atoms with Crippen molar-refractivity contribution in [3.63, 3.8) is 0 Å². The van der Waals surface area contributed by atoms with Crippen LogP contribution in [0.4, 0.5) is 17.6 Å². The van der Waals surface area contributed by atoms with Crippen LogP contribution in [0.15, 0.2) is 48.5 Å². The molecule has 0 amide bonds. The van der Waals surface area contributed by atoms with E-state index in [0.717, 1.165) is 0 Å². The lowest BCUT2D eigenvalue weighted by Crippen LogP contribution is -2.50. The van der Waals surface area contributed by atoms with Crippen molar-refractivity contribution in [1.29, 1.82) is 0 Å². The minimum atomic E-state index is -3.02. The van der Waals surface area contributed by atoms with E-state index in [2.05, 4.69) is 0 Å². The fourth-order valence-corrected chi connectivity index (χ4v) is 3.92. The fourth-order valence-electron chi connectivity index (χ4n) is 3.92. The Kier molecular flexibility index (Phi) is 8.14. The van der Waals surface area contributed by atoms with Crippen molar-refractivity contribution in [2.75, 3.05) is 0 Å². The van der Waals surface area contributed by atoms with Crippen LogP contribution in [-0.2, 0) is 0 Å². The third-order valence-electron chi connectivity index (χ3n) is 5.75. The molecule has 6 nitrogen and oxygen atoms in total. The number of halogens is 4. The molecule has 10 heteroatoms. The Bertz CT molecular complexity index is 831. The van der Waals surface area contributed by atoms with Crippen LogP contribution in [0.1, 0.15) is 38.5 Å². The molecular weight excluding hydrogens is 460 g/mol. The number of hydrogen-bond donors (Lipinski definition) is 4. The van der Waals surface area contributed by atoms with E-state index < -0.39 is 36.3 Å². The summed E-state index contributed by atoms with van der Waals surface area (Å²) in [5.74, 6) is -5.53. The summed E-state index contributed by atoms with van der Waals surface area (Å²) in [5.41, 5.74) is 0. The largest absolute Gasteiger partial charge is 0.508 e. The van der Waals surface area contributed by atoms with Crippen molar-refractivity contribution in [3.8, 4) is 23.0 Å². The number of phenolic OH excluding ortho intramolecular Hbond substituents is 2. The van der Waals surface area contributed by atoms with Gasteiger partial charge in [0.25, 0.3) is 11.8 Å². The molecule has 0 aromatic heterocycles. The maximum absolute atomic E-state index is 13.5. The van der Waals surface area contributed by atoms with E-state index in [9.17, 15) is 27.8 Å². The molecular formula is C24H28F4O6. The molecule has 0 heterocycles. The van der Waals surface area contributed by atoms with Gasteiger partial charge >= 0.3 is 0 Å². The van der Waals surface area contributed by atoms with Gasteiger partial charge in [0.1, 0.15) is 23.0 Å². The van der Waals surface area contributed by atoms with Crippen LogP contribution < -0.4 is 9.47 Å². The number of hydrogen-bond acceptors (Lipinski definition) is 6. The summed E-state index contributed by atoms with van der Waals surface area (Å²) in [4.78, 5) is 0. The first-order chi connectivity index (χ1) is 16.0. The molecule has 34 heavy (non-hydrogen) atoms. The number of benzene rings is 2. The lowest BCUT2D eigenvalue weighted by molar-refractivity contribution is -0.164. The predicted octanol–water partition coefficient (Wildman–Crippen LogP) is 4.64. The molecule has 0 radical (unpaired) electrons. The number of ether oxygens (including phenoxy) is 2. The second-order valence-electron chi connectivity index (χ2n) is 8.51. The summed E-state index contributed by atoms with van der Waals surface area (Å²) in [6.45, 7) is 0. The zero-order valence-corrected chi connectivity index (χ0v) is 18.3. The van der Waals surface area contributed by atoms with Crippen LogP contribution in [0.2, 0.25) is 0 Å². The van der Waals surface area contributed by atoms with Crippen LogP contribution in [0, 0.1) is 0 Å². The third-order valence-corrected chi connectivity index (χ3v) is 5.75. The van der Waals surface area contributed by atoms with Crippen LogP contribution in [0.3, 0.4) is 0 Å². The standard InChI is InChI=1S/2C12H14F2O3/c2*13-12(14)7-1-2-10(16)11(12)17-9-5-3-8(15)4-6-9/h2*3-6,10-11,15-16H,1-2,7H2/t2*10-,11+/m10/s1. The second-order valence-corrected chi connectivity index (χ2v) is 8.51. The maximum atomic E-state index is 13.5. The van der Waals surface area contributed by atoms with Crippen LogP contribution in [0.5, 0.6) is 23.0 Å². The van der Waals surface area contributed by atoms with Gasteiger partial charge in [0.15, 0.2) is 12.2 Å². The van der Waals surface area contributed by atoms with E-state index in [1.165, 1.54) is 48.5 Å². The van der Waals surface area contributed by atoms with Gasteiger partial charge in [-0.1, -0.05) is 0 Å². The molecule has 0 bridgehead atoms. The Balaban J connectivity index is 0.000000191. The van der Waals surface area contributed by atoms with Crippen molar-refractivity contribution in [2.24, 2.45) is 0 Å². The number of rotatable bonds is 4. The quantitative estimate of drug-likeness (QED) is 0.468. The van der Waals surface area contributed by atoms with Crippen LogP contribution in [-0.4, -0.2) is 56.7 Å². The molecule has 2 fully saturated rings. The average Bonchev–Trinajstić information content (AvgIpc) is 2.76. The van der Waals surface area contributed by atoms with E-state index in [0.29, 0.717) is 25.7 Å². The van der Waals surface area contributed by atoms with Gasteiger partial charge in [-0.2, -0.15) is 0 Å². The Morgan fingerprint density at radius 3 is 1.24 bits per heavy atom. The monoisotopic (exact) mass is 488 g/mol. The predicted molar refractivity (Wildman–Crippen MR) is 115 cm³/mol. The number of phenols is 2. The number of aromatic hydroxyl groups is 2. The van der Waals surface area contributed by atoms with E-state index in [4.69, 9.17) is 19.7 Å². The van der Waals surface area contributed by atoms with Gasteiger partial charge < -0.3 is 29.9 Å². The van der Waals surface area contributed by atoms with E-state index >= 15 is 0 Å². The topological polar surface area (TPSA) is 99.4 Å². The highest BCUT2D eigenvalue weighted by Gasteiger charge is 2.49. The van der Waals surface area contributed by atoms with Gasteiger partial charge in [0.2, 0.25) is 0 Å². The summed E-state index contributed by atoms with van der Waals surface area (Å²) < 4.78 is 64.5. The number of aliphatic hydroxyl groups excluding tert-OH is 2. The van der Waals surface area contributed by atoms with Crippen molar-refractivity contribution >= 4 is 0 Å². The lowest BCUT2D eigenvalue weighted by Gasteiger charge is -2.35. The first-order valence-corrected chi connectivity index (χ1v) is 11.0. The molecule has 0 unspecified atom stereocenters. The average molecular weight is 488 g/mol. The molecule has 4 N–H and O–H groups in total. The van der Waals surface area contributed by atoms with E-state index in [1.54, 1.807) is 0 Å². The second kappa shape index (κ2) is 10.7. The van der Waals surface area contributed by atoms with Gasteiger partial charge in [0, 0.05) is 12.8 Å². The highest BCUT2D eigenvalue weighted by atomic mass is 19.3. The lowest BCUT2D eigenvalue weighted by atomic mass is 9.91. The Hall–Kier alpha value is -2.72. The first-order valence-electron chi connectivity index (χ1n) is 11.0. The highest BCUT2D eigenvalue weighted by Crippen LogP contribution is 2.37. The molecule has 188 valence electrons. The van der Waals surface area contributed by atoms with Gasteiger partial charge in [-0.25, -0.2) is 17.6 Å². The first kappa shape index (κ1) is 25.9. The van der Waals surface area contributed by atoms with Gasteiger partial charge in [-0.3, -0.25) is 0 Å².